The zero-order valence-corrected chi connectivity index (χ0v) is 20.4. The molecule has 0 aliphatic carbocycles. The van der Waals surface area contributed by atoms with Crippen LogP contribution in [0.5, 0.6) is 0 Å². The van der Waals surface area contributed by atoms with Crippen molar-refractivity contribution >= 4 is 46.7 Å². The smallest absolute Gasteiger partial charge is 0.410 e. The van der Waals surface area contributed by atoms with Crippen LogP contribution in [0.4, 0.5) is 10.6 Å². The van der Waals surface area contributed by atoms with Crippen LogP contribution in [0.2, 0.25) is 15.1 Å². The summed E-state index contributed by atoms with van der Waals surface area (Å²) in [5, 5.41) is 4.92. The zero-order valence-electron chi connectivity index (χ0n) is 18.1. The number of amides is 1. The quantitative estimate of drug-likeness (QED) is 0.520. The number of nitrogens with zero attached hydrogens (tertiary/aromatic N) is 3. The second-order valence-electron chi connectivity index (χ2n) is 8.70. The van der Waals surface area contributed by atoms with E-state index in [2.05, 4.69) is 15.3 Å². The summed E-state index contributed by atoms with van der Waals surface area (Å²) in [4.78, 5) is 23.1. The molecular weight excluding hydrogens is 459 g/mol. The molecule has 6 nitrogen and oxygen atoms in total. The normalized spacial score (nSPS) is 16.2. The van der Waals surface area contributed by atoms with E-state index in [4.69, 9.17) is 39.5 Å². The number of halogens is 3. The van der Waals surface area contributed by atoms with E-state index < -0.39 is 5.60 Å². The minimum Gasteiger partial charge on any atom is -0.444 e. The van der Waals surface area contributed by atoms with Crippen LogP contribution in [-0.4, -0.2) is 39.7 Å². The number of anilines is 1. The van der Waals surface area contributed by atoms with E-state index in [9.17, 15) is 4.79 Å². The maximum Gasteiger partial charge on any atom is 0.410 e. The van der Waals surface area contributed by atoms with Gasteiger partial charge >= 0.3 is 6.09 Å². The van der Waals surface area contributed by atoms with Crippen LogP contribution >= 0.6 is 34.8 Å². The van der Waals surface area contributed by atoms with E-state index in [1.807, 2.05) is 33.8 Å². The van der Waals surface area contributed by atoms with E-state index in [-0.39, 0.29) is 18.1 Å². The lowest BCUT2D eigenvalue weighted by Crippen LogP contribution is -2.41. The molecule has 1 atom stereocenters. The molecule has 1 aliphatic rings. The first-order chi connectivity index (χ1) is 14.5. The van der Waals surface area contributed by atoms with Gasteiger partial charge in [0.15, 0.2) is 0 Å². The molecule has 1 aromatic carbocycles. The maximum atomic E-state index is 12.3. The maximum absolute atomic E-state index is 12.3. The van der Waals surface area contributed by atoms with Gasteiger partial charge in [0, 0.05) is 29.1 Å². The van der Waals surface area contributed by atoms with Gasteiger partial charge in [0.2, 0.25) is 0 Å². The van der Waals surface area contributed by atoms with Crippen molar-refractivity contribution in [2.24, 2.45) is 0 Å². The number of ether oxygens (including phenoxy) is 1. The zero-order chi connectivity index (χ0) is 22.8. The molecule has 0 bridgehead atoms. The molecule has 1 N–H and O–H groups in total. The van der Waals surface area contributed by atoms with Crippen molar-refractivity contribution in [1.29, 1.82) is 0 Å². The van der Waals surface area contributed by atoms with Crippen molar-refractivity contribution in [3.05, 3.63) is 50.9 Å². The molecule has 168 valence electrons. The largest absolute Gasteiger partial charge is 0.444 e. The molecule has 0 spiro atoms. The molecule has 0 unspecified atom stereocenters. The lowest BCUT2D eigenvalue weighted by molar-refractivity contribution is 0.0203. The topological polar surface area (TPSA) is 67.4 Å². The summed E-state index contributed by atoms with van der Waals surface area (Å²) in [7, 11) is 0. The first-order valence-corrected chi connectivity index (χ1v) is 11.4. The van der Waals surface area contributed by atoms with Crippen molar-refractivity contribution in [3.63, 3.8) is 0 Å². The standard InChI is InChI=1S/C22H27Cl3N4O2/c1-13(16-6-5-15(23)11-17(16)24)27-20-18(25)12-26-19(28-20)14-7-9-29(10-8-14)21(30)31-22(2,3)4/h5-6,11-14H,7-10H2,1-4H3,(H,26,27,28)/t13-/m1/s1. The monoisotopic (exact) mass is 484 g/mol. The van der Waals surface area contributed by atoms with Gasteiger partial charge < -0.3 is 15.0 Å². The van der Waals surface area contributed by atoms with Crippen molar-refractivity contribution in [2.75, 3.05) is 18.4 Å². The van der Waals surface area contributed by atoms with Gasteiger partial charge in [0.05, 0.1) is 12.2 Å². The Bertz CT molecular complexity index is 941. The van der Waals surface area contributed by atoms with Gasteiger partial charge in [-0.1, -0.05) is 40.9 Å². The highest BCUT2D eigenvalue weighted by Crippen LogP contribution is 2.32. The number of piperidine rings is 1. The van der Waals surface area contributed by atoms with Crippen molar-refractivity contribution < 1.29 is 9.53 Å². The molecule has 1 amide bonds. The first kappa shape index (κ1) is 23.9. The molecule has 2 aromatic rings. The Morgan fingerprint density at radius 2 is 1.87 bits per heavy atom. The van der Waals surface area contributed by atoms with Crippen molar-refractivity contribution in [2.45, 2.75) is 58.1 Å². The molecule has 3 rings (SSSR count). The fraction of sp³-hybridized carbons (Fsp3) is 0.500. The first-order valence-electron chi connectivity index (χ1n) is 10.3. The molecule has 0 saturated carbocycles. The number of hydrogen-bond acceptors (Lipinski definition) is 5. The average Bonchev–Trinajstić information content (AvgIpc) is 2.68. The van der Waals surface area contributed by atoms with Crippen molar-refractivity contribution in [1.82, 2.24) is 14.9 Å². The summed E-state index contributed by atoms with van der Waals surface area (Å²) in [6, 6.07) is 5.26. The van der Waals surface area contributed by atoms with Crippen molar-refractivity contribution in [3.8, 4) is 0 Å². The molecule has 31 heavy (non-hydrogen) atoms. The number of hydrogen-bond donors (Lipinski definition) is 1. The number of aromatic nitrogens is 2. The fourth-order valence-corrected chi connectivity index (χ4v) is 4.18. The number of likely N-dealkylation sites (tertiary alicyclic amines) is 1. The lowest BCUT2D eigenvalue weighted by atomic mass is 9.96. The summed E-state index contributed by atoms with van der Waals surface area (Å²) in [5.41, 5.74) is 0.394. The van der Waals surface area contributed by atoms with E-state index in [1.165, 1.54) is 0 Å². The Labute approximate surface area is 198 Å². The van der Waals surface area contributed by atoms with Crippen LogP contribution in [0.1, 0.15) is 63.9 Å². The molecule has 0 radical (unpaired) electrons. The van der Waals surface area contributed by atoms with Crippen LogP contribution in [0.3, 0.4) is 0 Å². The van der Waals surface area contributed by atoms with Gasteiger partial charge in [-0.3, -0.25) is 0 Å². The Hall–Kier alpha value is -1.76. The molecule has 1 aliphatic heterocycles. The molecule has 1 fully saturated rings. The molecule has 1 aromatic heterocycles. The van der Waals surface area contributed by atoms with Crippen LogP contribution in [0.15, 0.2) is 24.4 Å². The third-order valence-electron chi connectivity index (χ3n) is 5.06. The molecule has 9 heteroatoms. The number of rotatable bonds is 4. The number of nitrogens with one attached hydrogen (secondary N) is 1. The minimum atomic E-state index is -0.503. The Kier molecular flexibility index (Phi) is 7.55. The number of carbonyl (C=O) groups excluding carboxylic acids is 1. The van der Waals surface area contributed by atoms with Gasteiger partial charge in [-0.25, -0.2) is 14.8 Å². The molecular formula is C22H27Cl3N4O2. The third-order valence-corrected chi connectivity index (χ3v) is 5.90. The highest BCUT2D eigenvalue weighted by Gasteiger charge is 2.29. The summed E-state index contributed by atoms with van der Waals surface area (Å²) < 4.78 is 5.46. The van der Waals surface area contributed by atoms with Gasteiger partial charge in [-0.2, -0.15) is 0 Å². The third kappa shape index (κ3) is 6.37. The lowest BCUT2D eigenvalue weighted by Gasteiger charge is -2.33. The predicted octanol–water partition coefficient (Wildman–Crippen LogP) is 6.72. The van der Waals surface area contributed by atoms with Crippen LogP contribution in [-0.2, 0) is 4.74 Å². The van der Waals surface area contributed by atoms with Crippen LogP contribution in [0, 0.1) is 0 Å². The highest BCUT2D eigenvalue weighted by atomic mass is 35.5. The Morgan fingerprint density at radius 3 is 2.48 bits per heavy atom. The Balaban J connectivity index is 1.67. The van der Waals surface area contributed by atoms with Gasteiger partial charge in [0.25, 0.3) is 0 Å². The molecule has 2 heterocycles. The van der Waals surface area contributed by atoms with E-state index in [0.29, 0.717) is 39.8 Å². The second-order valence-corrected chi connectivity index (χ2v) is 9.95. The number of carbonyl (C=O) groups is 1. The second kappa shape index (κ2) is 9.80. The fourth-order valence-electron chi connectivity index (χ4n) is 3.46. The van der Waals surface area contributed by atoms with Gasteiger partial charge in [-0.05, 0) is 58.2 Å². The van der Waals surface area contributed by atoms with Crippen LogP contribution < -0.4 is 5.32 Å². The van der Waals surface area contributed by atoms with E-state index in [1.54, 1.807) is 23.2 Å². The minimum absolute atomic E-state index is 0.126. The van der Waals surface area contributed by atoms with Gasteiger partial charge in [-0.15, -0.1) is 0 Å². The molecule has 1 saturated heterocycles. The van der Waals surface area contributed by atoms with Crippen LogP contribution in [0.25, 0.3) is 0 Å². The van der Waals surface area contributed by atoms with Gasteiger partial charge in [0.1, 0.15) is 22.3 Å². The highest BCUT2D eigenvalue weighted by molar-refractivity contribution is 6.35. The van der Waals surface area contributed by atoms with E-state index >= 15 is 0 Å². The van der Waals surface area contributed by atoms with E-state index in [0.717, 1.165) is 18.4 Å². The average molecular weight is 486 g/mol. The summed E-state index contributed by atoms with van der Waals surface area (Å²) in [6.07, 6.45) is 2.86. The summed E-state index contributed by atoms with van der Waals surface area (Å²) in [5.74, 6) is 1.41. The Morgan fingerprint density at radius 1 is 1.19 bits per heavy atom. The predicted molar refractivity (Wildman–Crippen MR) is 125 cm³/mol. The SMILES string of the molecule is C[C@@H](Nc1nc(C2CCN(C(=O)OC(C)(C)C)CC2)ncc1Cl)c1ccc(Cl)cc1Cl. The summed E-state index contributed by atoms with van der Waals surface area (Å²) in [6.45, 7) is 8.78. The number of benzene rings is 1. The summed E-state index contributed by atoms with van der Waals surface area (Å²) >= 11 is 18.7.